The van der Waals surface area contributed by atoms with Crippen LogP contribution in [-0.4, -0.2) is 32.9 Å². The molecule has 0 aliphatic heterocycles. The molecule has 0 aliphatic carbocycles. The minimum absolute atomic E-state index is 0.329. The highest BCUT2D eigenvalue weighted by atomic mass is 31.2. The monoisotopic (exact) mass is 377 g/mol. The van der Waals surface area contributed by atoms with E-state index in [2.05, 4.69) is 0 Å². The molecule has 0 amide bonds. The summed E-state index contributed by atoms with van der Waals surface area (Å²) in [6.07, 6.45) is 1.70. The summed E-state index contributed by atoms with van der Waals surface area (Å²) in [7, 11) is 1.86. The van der Waals surface area contributed by atoms with Crippen molar-refractivity contribution in [3.05, 3.63) is 54.1 Å². The maximum atomic E-state index is 13.8. The molecule has 0 radical (unpaired) electrons. The van der Waals surface area contributed by atoms with Gasteiger partial charge in [-0.3, -0.25) is 4.57 Å². The fourth-order valence-electron chi connectivity index (χ4n) is 2.65. The average molecular weight is 377 g/mol. The lowest BCUT2D eigenvalue weighted by Crippen LogP contribution is -2.16. The first kappa shape index (κ1) is 20.5. The molecule has 0 spiro atoms. The third-order valence-corrected chi connectivity index (χ3v) is 6.75. The number of aliphatic hydroxyl groups excluding tert-OH is 1. The summed E-state index contributed by atoms with van der Waals surface area (Å²) in [6.45, 7) is 2.37. The number of hydrogen-bond acceptors (Lipinski definition) is 5. The Morgan fingerprint density at radius 2 is 1.77 bits per heavy atom. The number of para-hydroxylation sites is 1. The van der Waals surface area contributed by atoms with Gasteiger partial charge < -0.3 is 19.3 Å². The van der Waals surface area contributed by atoms with Crippen LogP contribution in [-0.2, 0) is 9.09 Å². The second-order valence-electron chi connectivity index (χ2n) is 6.31. The number of benzene rings is 2. The fourth-order valence-corrected chi connectivity index (χ4v) is 4.77. The Morgan fingerprint density at radius 3 is 2.35 bits per heavy atom. The number of unbranched alkanes of at least 4 members (excludes halogenated alkanes) is 1. The van der Waals surface area contributed by atoms with E-state index in [1.807, 2.05) is 44.1 Å². The Morgan fingerprint density at radius 1 is 1.12 bits per heavy atom. The van der Waals surface area contributed by atoms with Crippen molar-refractivity contribution in [2.45, 2.75) is 25.6 Å². The number of hydrogen-bond donors (Lipinski definition) is 1. The quantitative estimate of drug-likeness (QED) is 0.525. The van der Waals surface area contributed by atoms with Gasteiger partial charge in [0.2, 0.25) is 0 Å². The minimum Gasteiger partial charge on any atom is -0.496 e. The molecule has 0 bridgehead atoms. The van der Waals surface area contributed by atoms with Gasteiger partial charge in [-0.15, -0.1) is 0 Å². The van der Waals surface area contributed by atoms with Gasteiger partial charge in [-0.05, 0) is 36.8 Å². The molecule has 2 aromatic carbocycles. The van der Waals surface area contributed by atoms with Crippen molar-refractivity contribution in [2.24, 2.45) is 0 Å². The topological polar surface area (TPSA) is 59.0 Å². The van der Waals surface area contributed by atoms with Crippen LogP contribution in [0.3, 0.4) is 0 Å². The van der Waals surface area contributed by atoms with Crippen LogP contribution < -0.4 is 14.9 Å². The van der Waals surface area contributed by atoms with E-state index < -0.39 is 13.2 Å². The van der Waals surface area contributed by atoms with Gasteiger partial charge in [0.25, 0.3) is 7.37 Å². The summed E-state index contributed by atoms with van der Waals surface area (Å²) in [6, 6.07) is 14.3. The summed E-state index contributed by atoms with van der Waals surface area (Å²) in [4.78, 5) is 1.96. The first-order valence-corrected chi connectivity index (χ1v) is 10.5. The molecule has 0 unspecified atom stereocenters. The SMILES string of the molecule is CCCCO[P@](=O)(c1ccc(N(C)C)cc1)[C@H](O)c1ccccc1OC. The molecule has 2 aromatic rings. The van der Waals surface area contributed by atoms with E-state index in [0.717, 1.165) is 18.5 Å². The molecule has 0 heterocycles. The third-order valence-electron chi connectivity index (χ3n) is 4.25. The Labute approximate surface area is 156 Å². The summed E-state index contributed by atoms with van der Waals surface area (Å²) >= 11 is 0. The molecule has 0 fully saturated rings. The van der Waals surface area contributed by atoms with Crippen molar-refractivity contribution in [1.82, 2.24) is 0 Å². The molecule has 0 aliphatic rings. The fraction of sp³-hybridized carbons (Fsp3) is 0.400. The minimum atomic E-state index is -3.55. The second kappa shape index (κ2) is 9.22. The zero-order valence-corrected chi connectivity index (χ0v) is 16.8. The number of ether oxygens (including phenoxy) is 1. The second-order valence-corrected chi connectivity index (χ2v) is 8.77. The standard InChI is InChI=1S/C20H28NO4P/c1-5-6-15-25-26(23,17-13-11-16(12-14-17)21(2)3)20(22)18-9-7-8-10-19(18)24-4/h7-14,20,22H,5-6,15H2,1-4H3/t20-,26+/m0/s1. The van der Waals surface area contributed by atoms with Gasteiger partial charge in [0, 0.05) is 30.7 Å². The van der Waals surface area contributed by atoms with Gasteiger partial charge in [0.15, 0.2) is 5.85 Å². The highest BCUT2D eigenvalue weighted by Gasteiger charge is 2.37. The molecule has 2 atom stereocenters. The van der Waals surface area contributed by atoms with Crippen molar-refractivity contribution in [1.29, 1.82) is 0 Å². The lowest BCUT2D eigenvalue weighted by Gasteiger charge is -2.26. The molecule has 1 N–H and O–H groups in total. The van der Waals surface area contributed by atoms with E-state index in [1.54, 1.807) is 30.3 Å². The molecular formula is C20H28NO4P. The zero-order chi connectivity index (χ0) is 19.2. The number of anilines is 1. The van der Waals surface area contributed by atoms with Crippen LogP contribution in [0.4, 0.5) is 5.69 Å². The number of methoxy groups -OCH3 is 1. The van der Waals surface area contributed by atoms with E-state index in [1.165, 1.54) is 7.11 Å². The Kier molecular flexibility index (Phi) is 7.27. The van der Waals surface area contributed by atoms with E-state index in [4.69, 9.17) is 9.26 Å². The van der Waals surface area contributed by atoms with Crippen LogP contribution in [0.2, 0.25) is 0 Å². The lowest BCUT2D eigenvalue weighted by molar-refractivity contribution is 0.209. The van der Waals surface area contributed by atoms with Crippen LogP contribution in [0.5, 0.6) is 5.75 Å². The van der Waals surface area contributed by atoms with Gasteiger partial charge >= 0.3 is 0 Å². The van der Waals surface area contributed by atoms with E-state index in [9.17, 15) is 9.67 Å². The van der Waals surface area contributed by atoms with Crippen molar-refractivity contribution in [3.63, 3.8) is 0 Å². The normalized spacial score (nSPS) is 14.5. The van der Waals surface area contributed by atoms with E-state index >= 15 is 0 Å². The summed E-state index contributed by atoms with van der Waals surface area (Å²) in [5.74, 6) is -0.801. The summed E-state index contributed by atoms with van der Waals surface area (Å²) in [5, 5.41) is 11.5. The smallest absolute Gasteiger partial charge is 0.264 e. The van der Waals surface area contributed by atoms with Gasteiger partial charge in [0.05, 0.1) is 13.7 Å². The van der Waals surface area contributed by atoms with Gasteiger partial charge in [-0.2, -0.15) is 0 Å². The van der Waals surface area contributed by atoms with Gasteiger partial charge in [-0.25, -0.2) is 0 Å². The molecule has 6 heteroatoms. The summed E-state index contributed by atoms with van der Waals surface area (Å²) in [5.41, 5.74) is 1.45. The highest BCUT2D eigenvalue weighted by Crippen LogP contribution is 2.59. The van der Waals surface area contributed by atoms with E-state index in [0.29, 0.717) is 23.2 Å². The molecular weight excluding hydrogens is 349 g/mol. The first-order valence-electron chi connectivity index (χ1n) is 8.77. The molecule has 26 heavy (non-hydrogen) atoms. The predicted molar refractivity (Wildman–Crippen MR) is 107 cm³/mol. The molecule has 5 nitrogen and oxygen atoms in total. The Bertz CT molecular complexity index is 746. The lowest BCUT2D eigenvalue weighted by atomic mass is 10.2. The van der Waals surface area contributed by atoms with Gasteiger partial charge in [0.1, 0.15) is 5.75 Å². The predicted octanol–water partition coefficient (Wildman–Crippen LogP) is 4.17. The summed E-state index contributed by atoms with van der Waals surface area (Å²) < 4.78 is 24.9. The third kappa shape index (κ3) is 4.47. The average Bonchev–Trinajstić information content (AvgIpc) is 2.67. The van der Waals surface area contributed by atoms with Gasteiger partial charge in [-0.1, -0.05) is 31.5 Å². The Hall–Kier alpha value is -1.81. The first-order chi connectivity index (χ1) is 12.4. The van der Waals surface area contributed by atoms with Crippen LogP contribution in [0.1, 0.15) is 31.2 Å². The number of nitrogens with zero attached hydrogens (tertiary/aromatic N) is 1. The van der Waals surface area contributed by atoms with Crippen LogP contribution in [0.25, 0.3) is 0 Å². The van der Waals surface area contributed by atoms with Crippen molar-refractivity contribution < 1.29 is 18.9 Å². The highest BCUT2D eigenvalue weighted by molar-refractivity contribution is 7.67. The van der Waals surface area contributed by atoms with Crippen molar-refractivity contribution in [2.75, 3.05) is 32.7 Å². The molecule has 0 saturated carbocycles. The molecule has 2 rings (SSSR count). The number of aliphatic hydroxyl groups is 1. The van der Waals surface area contributed by atoms with Crippen LogP contribution in [0.15, 0.2) is 48.5 Å². The van der Waals surface area contributed by atoms with Crippen LogP contribution in [0, 0.1) is 0 Å². The largest absolute Gasteiger partial charge is 0.496 e. The van der Waals surface area contributed by atoms with Crippen LogP contribution >= 0.6 is 7.37 Å². The maximum absolute atomic E-state index is 13.8. The Balaban J connectivity index is 2.45. The van der Waals surface area contributed by atoms with Crippen molar-refractivity contribution >= 4 is 18.4 Å². The molecule has 0 aromatic heterocycles. The molecule has 0 saturated heterocycles. The zero-order valence-electron chi connectivity index (χ0n) is 15.9. The molecule has 142 valence electrons. The maximum Gasteiger partial charge on any atom is 0.264 e. The number of rotatable bonds is 9. The van der Waals surface area contributed by atoms with E-state index in [-0.39, 0.29) is 0 Å². The van der Waals surface area contributed by atoms with Crippen molar-refractivity contribution in [3.8, 4) is 5.75 Å².